The van der Waals surface area contributed by atoms with Gasteiger partial charge in [-0.05, 0) is 47.1 Å². The number of nitrogens with one attached hydrogen (secondary N) is 1. The number of carbonyl (C=O) groups excluding carboxylic acids is 1. The number of carbonyl (C=O) groups is 1. The maximum atomic E-state index is 12.0. The molecule has 0 aliphatic rings. The largest absolute Gasteiger partial charge is 0.324 e. The molecule has 21 heavy (non-hydrogen) atoms. The molecule has 1 amide bonds. The smallest absolute Gasteiger partial charge is 0.253 e. The number of aromatic nitrogens is 1. The second kappa shape index (κ2) is 6.64. The van der Waals surface area contributed by atoms with Gasteiger partial charge in [-0.25, -0.2) is 0 Å². The summed E-state index contributed by atoms with van der Waals surface area (Å²) in [6, 6.07) is 6.44. The Morgan fingerprint density at radius 3 is 2.48 bits per heavy atom. The van der Waals surface area contributed by atoms with E-state index >= 15 is 0 Å². The van der Waals surface area contributed by atoms with Gasteiger partial charge in [0.25, 0.3) is 5.56 Å². The van der Waals surface area contributed by atoms with Crippen molar-refractivity contribution in [2.24, 2.45) is 0 Å². The van der Waals surface area contributed by atoms with E-state index in [9.17, 15) is 9.59 Å². The molecule has 110 valence electrons. The normalized spacial score (nSPS) is 10.5. The molecular formula is C14H11BrCl2N2O2. The molecule has 2 rings (SSSR count). The van der Waals surface area contributed by atoms with Gasteiger partial charge in [0.05, 0.1) is 0 Å². The number of hydrogen-bond acceptors (Lipinski definition) is 2. The molecule has 0 saturated carbocycles. The number of nitrogens with zero attached hydrogens (tertiary/aromatic N) is 1. The van der Waals surface area contributed by atoms with Crippen LogP contribution in [0.3, 0.4) is 0 Å². The van der Waals surface area contributed by atoms with Crippen LogP contribution in [0.2, 0.25) is 10.0 Å². The molecule has 1 aromatic heterocycles. The fourth-order valence-corrected chi connectivity index (χ4v) is 2.96. The predicted molar refractivity (Wildman–Crippen MR) is 88.2 cm³/mol. The van der Waals surface area contributed by atoms with Gasteiger partial charge in [0.15, 0.2) is 0 Å². The van der Waals surface area contributed by atoms with E-state index in [1.807, 2.05) is 0 Å². The molecule has 2 aromatic rings. The Balaban J connectivity index is 2.17. The van der Waals surface area contributed by atoms with E-state index in [4.69, 9.17) is 23.2 Å². The van der Waals surface area contributed by atoms with Crippen molar-refractivity contribution in [1.29, 1.82) is 0 Å². The summed E-state index contributed by atoms with van der Waals surface area (Å²) < 4.78 is 2.07. The van der Waals surface area contributed by atoms with Crippen LogP contribution in [-0.2, 0) is 11.3 Å². The Kier molecular flexibility index (Phi) is 5.08. The Labute approximate surface area is 139 Å². The van der Waals surface area contributed by atoms with Gasteiger partial charge >= 0.3 is 0 Å². The summed E-state index contributed by atoms with van der Waals surface area (Å²) in [5, 5.41) is 3.50. The minimum absolute atomic E-state index is 0.0940. The fraction of sp³-hybridized carbons (Fsp3) is 0.143. The van der Waals surface area contributed by atoms with Crippen LogP contribution in [0.5, 0.6) is 0 Å². The zero-order valence-electron chi connectivity index (χ0n) is 11.0. The molecule has 0 aliphatic carbocycles. The van der Waals surface area contributed by atoms with Gasteiger partial charge in [-0.3, -0.25) is 9.59 Å². The SMILES string of the molecule is Cc1cc(Br)cn(CC(=O)Nc2cc(Cl)cc(Cl)c2)c1=O. The van der Waals surface area contributed by atoms with Crippen LogP contribution in [0.25, 0.3) is 0 Å². The molecule has 0 atom stereocenters. The monoisotopic (exact) mass is 388 g/mol. The first-order chi connectivity index (χ1) is 9.85. The van der Waals surface area contributed by atoms with Crippen LogP contribution < -0.4 is 10.9 Å². The minimum atomic E-state index is -0.340. The van der Waals surface area contributed by atoms with Crippen LogP contribution in [0.4, 0.5) is 5.69 Å². The summed E-state index contributed by atoms with van der Waals surface area (Å²) in [6.07, 6.45) is 1.57. The standard InChI is InChI=1S/C14H11BrCl2N2O2/c1-8-2-9(15)6-19(14(8)21)7-13(20)18-12-4-10(16)3-11(17)5-12/h2-6H,7H2,1H3,(H,18,20). The van der Waals surface area contributed by atoms with Crippen molar-refractivity contribution in [3.05, 3.63) is 60.9 Å². The highest BCUT2D eigenvalue weighted by Gasteiger charge is 2.08. The van der Waals surface area contributed by atoms with Gasteiger partial charge in [0.2, 0.25) is 5.91 Å². The molecule has 0 saturated heterocycles. The van der Waals surface area contributed by atoms with Crippen molar-refractivity contribution in [2.75, 3.05) is 5.32 Å². The summed E-state index contributed by atoms with van der Waals surface area (Å²) in [5.74, 6) is -0.340. The highest BCUT2D eigenvalue weighted by Crippen LogP contribution is 2.22. The van der Waals surface area contributed by atoms with Crippen molar-refractivity contribution in [3.63, 3.8) is 0 Å². The first-order valence-electron chi connectivity index (χ1n) is 5.97. The van der Waals surface area contributed by atoms with Gasteiger partial charge in [-0.2, -0.15) is 0 Å². The molecule has 7 heteroatoms. The van der Waals surface area contributed by atoms with Crippen molar-refractivity contribution in [3.8, 4) is 0 Å². The van der Waals surface area contributed by atoms with Gasteiger partial charge in [0, 0.05) is 32.0 Å². The van der Waals surface area contributed by atoms with E-state index in [1.165, 1.54) is 4.57 Å². The van der Waals surface area contributed by atoms with Gasteiger partial charge in [0.1, 0.15) is 6.54 Å². The van der Waals surface area contributed by atoms with Gasteiger partial charge in [-0.1, -0.05) is 23.2 Å². The summed E-state index contributed by atoms with van der Waals surface area (Å²) in [4.78, 5) is 23.9. The zero-order chi connectivity index (χ0) is 15.6. The van der Waals surface area contributed by atoms with E-state index in [0.29, 0.717) is 21.3 Å². The Morgan fingerprint density at radius 2 is 1.86 bits per heavy atom. The highest BCUT2D eigenvalue weighted by atomic mass is 79.9. The number of amides is 1. The number of rotatable bonds is 3. The second-order valence-corrected chi connectivity index (χ2v) is 6.27. The van der Waals surface area contributed by atoms with E-state index in [1.54, 1.807) is 37.4 Å². The molecule has 0 radical (unpaired) electrons. The Morgan fingerprint density at radius 1 is 1.24 bits per heavy atom. The quantitative estimate of drug-likeness (QED) is 0.866. The first-order valence-corrected chi connectivity index (χ1v) is 7.52. The van der Waals surface area contributed by atoms with Crippen molar-refractivity contribution in [1.82, 2.24) is 4.57 Å². The highest BCUT2D eigenvalue weighted by molar-refractivity contribution is 9.10. The molecule has 1 aromatic carbocycles. The van der Waals surface area contributed by atoms with Gasteiger partial charge < -0.3 is 9.88 Å². The number of anilines is 1. The molecule has 0 spiro atoms. The third kappa shape index (κ3) is 4.33. The molecule has 1 heterocycles. The maximum Gasteiger partial charge on any atom is 0.253 e. The van der Waals surface area contributed by atoms with Crippen molar-refractivity contribution in [2.45, 2.75) is 13.5 Å². The van der Waals surface area contributed by atoms with Crippen molar-refractivity contribution >= 4 is 50.7 Å². The first kappa shape index (κ1) is 16.1. The van der Waals surface area contributed by atoms with Gasteiger partial charge in [-0.15, -0.1) is 0 Å². The number of hydrogen-bond donors (Lipinski definition) is 1. The topological polar surface area (TPSA) is 51.1 Å². The van der Waals surface area contributed by atoms with Crippen LogP contribution in [0.1, 0.15) is 5.56 Å². The number of aryl methyl sites for hydroxylation is 1. The lowest BCUT2D eigenvalue weighted by atomic mass is 10.3. The van der Waals surface area contributed by atoms with E-state index in [2.05, 4.69) is 21.2 Å². The zero-order valence-corrected chi connectivity index (χ0v) is 14.1. The summed E-state index contributed by atoms with van der Waals surface area (Å²) in [7, 11) is 0. The molecule has 1 N–H and O–H groups in total. The second-order valence-electron chi connectivity index (χ2n) is 4.48. The van der Waals surface area contributed by atoms with E-state index in [0.717, 1.165) is 4.47 Å². The average molecular weight is 390 g/mol. The van der Waals surface area contributed by atoms with Crippen LogP contribution >= 0.6 is 39.1 Å². The number of halogens is 3. The van der Waals surface area contributed by atoms with E-state index in [-0.39, 0.29) is 18.0 Å². The van der Waals surface area contributed by atoms with Crippen LogP contribution in [0.15, 0.2) is 39.7 Å². The molecule has 0 fully saturated rings. The number of pyridine rings is 1. The third-order valence-corrected chi connectivity index (χ3v) is 3.56. The molecular weight excluding hydrogens is 379 g/mol. The minimum Gasteiger partial charge on any atom is -0.324 e. The molecule has 0 bridgehead atoms. The fourth-order valence-electron chi connectivity index (χ4n) is 1.84. The lowest BCUT2D eigenvalue weighted by molar-refractivity contribution is -0.116. The lowest BCUT2D eigenvalue weighted by Gasteiger charge is -2.09. The predicted octanol–water partition coefficient (Wildman–Crippen LogP) is 3.86. The summed E-state index contributed by atoms with van der Waals surface area (Å²) >= 11 is 15.0. The van der Waals surface area contributed by atoms with E-state index < -0.39 is 0 Å². The number of benzene rings is 1. The Bertz CT molecular complexity index is 739. The lowest BCUT2D eigenvalue weighted by Crippen LogP contribution is -2.28. The average Bonchev–Trinajstić information content (AvgIpc) is 2.33. The molecule has 0 aliphatic heterocycles. The summed E-state index contributed by atoms with van der Waals surface area (Å²) in [6.45, 7) is 1.60. The molecule has 4 nitrogen and oxygen atoms in total. The van der Waals surface area contributed by atoms with Crippen LogP contribution in [-0.4, -0.2) is 10.5 Å². The third-order valence-electron chi connectivity index (χ3n) is 2.69. The Hall–Kier alpha value is -1.30. The van der Waals surface area contributed by atoms with Crippen LogP contribution in [0, 0.1) is 6.92 Å². The summed E-state index contributed by atoms with van der Waals surface area (Å²) in [5.41, 5.74) is 0.831. The maximum absolute atomic E-state index is 12.0. The van der Waals surface area contributed by atoms with Crippen molar-refractivity contribution < 1.29 is 4.79 Å². The molecule has 0 unspecified atom stereocenters.